The van der Waals surface area contributed by atoms with E-state index in [1.807, 2.05) is 31.2 Å². The molecule has 2 N–H and O–H groups in total. The van der Waals surface area contributed by atoms with E-state index in [4.69, 9.17) is 0 Å². The van der Waals surface area contributed by atoms with Crippen molar-refractivity contribution in [3.05, 3.63) is 29.8 Å². The van der Waals surface area contributed by atoms with Crippen molar-refractivity contribution in [2.45, 2.75) is 19.8 Å². The fourth-order valence-electron chi connectivity index (χ4n) is 2.38. The highest BCUT2D eigenvalue weighted by Gasteiger charge is 2.17. The van der Waals surface area contributed by atoms with Crippen LogP contribution in [0, 0.1) is 12.8 Å². The second kappa shape index (κ2) is 6.57. The molecule has 19 heavy (non-hydrogen) atoms. The van der Waals surface area contributed by atoms with E-state index in [0.29, 0.717) is 5.92 Å². The maximum absolute atomic E-state index is 11.8. The molecule has 2 amide bonds. The van der Waals surface area contributed by atoms with Crippen molar-refractivity contribution in [1.29, 1.82) is 0 Å². The van der Waals surface area contributed by atoms with Gasteiger partial charge in [0, 0.05) is 12.2 Å². The number of para-hydroxylation sites is 1. The van der Waals surface area contributed by atoms with Crippen LogP contribution in [0.2, 0.25) is 0 Å². The Morgan fingerprint density at radius 2 is 2.00 bits per heavy atom. The number of hydrogen-bond donors (Lipinski definition) is 2. The van der Waals surface area contributed by atoms with Crippen LogP contribution < -0.4 is 10.6 Å². The van der Waals surface area contributed by atoms with Crippen molar-refractivity contribution in [3.63, 3.8) is 0 Å². The Labute approximate surface area is 115 Å². The standard InChI is InChI=1S/C15H23N3O/c1-12-5-3-4-6-14(12)17-15(19)16-11-13-7-9-18(2)10-8-13/h3-6,13H,7-11H2,1-2H3,(H2,16,17,19). The molecule has 104 valence electrons. The van der Waals surface area contributed by atoms with Crippen LogP contribution in [0.4, 0.5) is 10.5 Å². The molecule has 0 bridgehead atoms. The lowest BCUT2D eigenvalue weighted by Crippen LogP contribution is -2.38. The Morgan fingerprint density at radius 3 is 2.68 bits per heavy atom. The van der Waals surface area contributed by atoms with E-state index < -0.39 is 0 Å². The van der Waals surface area contributed by atoms with E-state index in [-0.39, 0.29) is 6.03 Å². The Bertz CT molecular complexity index is 425. The van der Waals surface area contributed by atoms with Crippen molar-refractivity contribution in [1.82, 2.24) is 10.2 Å². The molecule has 1 aliphatic heterocycles. The van der Waals surface area contributed by atoms with Crippen molar-refractivity contribution in [2.75, 3.05) is 32.0 Å². The normalized spacial score (nSPS) is 17.2. The SMILES string of the molecule is Cc1ccccc1NC(=O)NCC1CCN(C)CC1. The van der Waals surface area contributed by atoms with Gasteiger partial charge in [-0.25, -0.2) is 4.79 Å². The van der Waals surface area contributed by atoms with Crippen LogP contribution in [0.25, 0.3) is 0 Å². The third-order valence-corrected chi connectivity index (χ3v) is 3.78. The fraction of sp³-hybridized carbons (Fsp3) is 0.533. The van der Waals surface area contributed by atoms with E-state index in [1.165, 1.54) is 12.8 Å². The molecular weight excluding hydrogens is 238 g/mol. The van der Waals surface area contributed by atoms with Gasteiger partial charge in [0.25, 0.3) is 0 Å². The van der Waals surface area contributed by atoms with Gasteiger partial charge in [0.2, 0.25) is 0 Å². The first kappa shape index (κ1) is 13.9. The van der Waals surface area contributed by atoms with Gasteiger partial charge in [-0.15, -0.1) is 0 Å². The van der Waals surface area contributed by atoms with Gasteiger partial charge in [-0.05, 0) is 57.5 Å². The summed E-state index contributed by atoms with van der Waals surface area (Å²) in [6.07, 6.45) is 2.34. The van der Waals surface area contributed by atoms with Crippen molar-refractivity contribution >= 4 is 11.7 Å². The molecule has 0 aliphatic carbocycles. The molecule has 1 heterocycles. The number of piperidine rings is 1. The molecule has 0 aromatic heterocycles. The first-order chi connectivity index (χ1) is 9.15. The van der Waals surface area contributed by atoms with E-state index >= 15 is 0 Å². The number of anilines is 1. The lowest BCUT2D eigenvalue weighted by atomic mass is 9.97. The molecule has 1 saturated heterocycles. The lowest BCUT2D eigenvalue weighted by Gasteiger charge is -2.28. The van der Waals surface area contributed by atoms with Gasteiger partial charge >= 0.3 is 6.03 Å². The summed E-state index contributed by atoms with van der Waals surface area (Å²) in [6.45, 7) is 5.02. The van der Waals surface area contributed by atoms with Gasteiger partial charge in [-0.1, -0.05) is 18.2 Å². The summed E-state index contributed by atoms with van der Waals surface area (Å²) in [6, 6.07) is 7.71. The minimum atomic E-state index is -0.103. The third-order valence-electron chi connectivity index (χ3n) is 3.78. The second-order valence-corrected chi connectivity index (χ2v) is 5.40. The first-order valence-corrected chi connectivity index (χ1v) is 6.94. The zero-order valence-corrected chi connectivity index (χ0v) is 11.8. The number of benzene rings is 1. The molecule has 1 aromatic rings. The van der Waals surface area contributed by atoms with Gasteiger partial charge in [-0.2, -0.15) is 0 Å². The molecule has 1 fully saturated rings. The predicted octanol–water partition coefficient (Wildman–Crippen LogP) is 2.46. The van der Waals surface area contributed by atoms with E-state index in [9.17, 15) is 4.79 Å². The number of likely N-dealkylation sites (tertiary alicyclic amines) is 1. The van der Waals surface area contributed by atoms with E-state index in [0.717, 1.165) is 30.9 Å². The van der Waals surface area contributed by atoms with E-state index in [1.54, 1.807) is 0 Å². The summed E-state index contributed by atoms with van der Waals surface area (Å²) >= 11 is 0. The molecule has 1 aliphatic rings. The number of carbonyl (C=O) groups is 1. The topological polar surface area (TPSA) is 44.4 Å². The van der Waals surface area contributed by atoms with Gasteiger partial charge in [0.15, 0.2) is 0 Å². The van der Waals surface area contributed by atoms with Crippen LogP contribution in [0.5, 0.6) is 0 Å². The van der Waals surface area contributed by atoms with Crippen molar-refractivity contribution in [2.24, 2.45) is 5.92 Å². The Morgan fingerprint density at radius 1 is 1.32 bits per heavy atom. The van der Waals surface area contributed by atoms with E-state index in [2.05, 4.69) is 22.6 Å². The quantitative estimate of drug-likeness (QED) is 0.878. The van der Waals surface area contributed by atoms with Crippen LogP contribution >= 0.6 is 0 Å². The summed E-state index contributed by atoms with van der Waals surface area (Å²) < 4.78 is 0. The Balaban J connectivity index is 1.74. The summed E-state index contributed by atoms with van der Waals surface area (Å²) in [5, 5.41) is 5.87. The number of carbonyl (C=O) groups excluding carboxylic acids is 1. The number of urea groups is 1. The largest absolute Gasteiger partial charge is 0.338 e. The molecule has 0 atom stereocenters. The zero-order chi connectivity index (χ0) is 13.7. The van der Waals surface area contributed by atoms with Crippen molar-refractivity contribution in [3.8, 4) is 0 Å². The summed E-state index contributed by atoms with van der Waals surface area (Å²) in [4.78, 5) is 14.2. The van der Waals surface area contributed by atoms with Gasteiger partial charge in [-0.3, -0.25) is 0 Å². The number of nitrogens with zero attached hydrogens (tertiary/aromatic N) is 1. The molecule has 1 aromatic carbocycles. The highest BCUT2D eigenvalue weighted by Crippen LogP contribution is 2.15. The number of rotatable bonds is 3. The average Bonchev–Trinajstić information content (AvgIpc) is 2.41. The molecule has 0 saturated carbocycles. The summed E-state index contributed by atoms with van der Waals surface area (Å²) in [5.74, 6) is 0.610. The van der Waals surface area contributed by atoms with Crippen LogP contribution in [0.1, 0.15) is 18.4 Å². The van der Waals surface area contributed by atoms with Crippen LogP contribution in [0.15, 0.2) is 24.3 Å². The van der Waals surface area contributed by atoms with Gasteiger partial charge < -0.3 is 15.5 Å². The van der Waals surface area contributed by atoms with Crippen LogP contribution in [-0.4, -0.2) is 37.6 Å². The molecule has 4 nitrogen and oxygen atoms in total. The summed E-state index contributed by atoms with van der Waals surface area (Å²) in [5.41, 5.74) is 1.96. The van der Waals surface area contributed by atoms with Crippen LogP contribution in [0.3, 0.4) is 0 Å². The predicted molar refractivity (Wildman–Crippen MR) is 78.4 cm³/mol. The maximum atomic E-state index is 11.8. The molecular formula is C15H23N3O. The maximum Gasteiger partial charge on any atom is 0.319 e. The monoisotopic (exact) mass is 261 g/mol. The number of amides is 2. The molecule has 4 heteroatoms. The number of aryl methyl sites for hydroxylation is 1. The highest BCUT2D eigenvalue weighted by molar-refractivity contribution is 5.89. The van der Waals surface area contributed by atoms with Gasteiger partial charge in [0.05, 0.1) is 0 Å². The number of nitrogens with one attached hydrogen (secondary N) is 2. The highest BCUT2D eigenvalue weighted by atomic mass is 16.2. The Hall–Kier alpha value is -1.55. The molecule has 0 unspecified atom stereocenters. The van der Waals surface area contributed by atoms with Crippen LogP contribution in [-0.2, 0) is 0 Å². The molecule has 0 radical (unpaired) electrons. The molecule has 0 spiro atoms. The lowest BCUT2D eigenvalue weighted by molar-refractivity contribution is 0.213. The molecule has 2 rings (SSSR count). The fourth-order valence-corrected chi connectivity index (χ4v) is 2.38. The minimum absolute atomic E-state index is 0.103. The smallest absolute Gasteiger partial charge is 0.319 e. The number of hydrogen-bond acceptors (Lipinski definition) is 2. The average molecular weight is 261 g/mol. The van der Waals surface area contributed by atoms with Crippen molar-refractivity contribution < 1.29 is 4.79 Å². The zero-order valence-electron chi connectivity index (χ0n) is 11.8. The Kier molecular flexibility index (Phi) is 4.80. The second-order valence-electron chi connectivity index (χ2n) is 5.40. The summed E-state index contributed by atoms with van der Waals surface area (Å²) in [7, 11) is 2.15. The minimum Gasteiger partial charge on any atom is -0.338 e. The first-order valence-electron chi connectivity index (χ1n) is 6.94. The van der Waals surface area contributed by atoms with Gasteiger partial charge in [0.1, 0.15) is 0 Å². The third kappa shape index (κ3) is 4.24.